The molecule has 5 heteroatoms. The van der Waals surface area contributed by atoms with Gasteiger partial charge in [-0.05, 0) is 36.8 Å². The molecule has 1 aromatic carbocycles. The number of nitrogens with zero attached hydrogens (tertiary/aromatic N) is 1. The quantitative estimate of drug-likeness (QED) is 0.206. The summed E-state index contributed by atoms with van der Waals surface area (Å²) in [6, 6.07) is 8.27. The molecule has 0 aliphatic rings. The van der Waals surface area contributed by atoms with Crippen LogP contribution >= 0.6 is 27.7 Å². The van der Waals surface area contributed by atoms with Gasteiger partial charge in [-0.3, -0.25) is 0 Å². The molecule has 1 aromatic rings. The van der Waals surface area contributed by atoms with Crippen molar-refractivity contribution in [2.45, 2.75) is 31.6 Å². The fraction of sp³-hybridized carbons (Fsp3) is 0.462. The standard InChI is InChI=1S/C13H19BrN2OS/c1-13(2,12(15)16-17)7-4-8-18-11-6-3-5-10(14)9-11/h3,5-6,9,17H,4,7-8H2,1-2H3,(H2,15,16). The Hall–Kier alpha value is -0.680. The molecule has 0 atom stereocenters. The summed E-state index contributed by atoms with van der Waals surface area (Å²) < 4.78 is 1.10. The van der Waals surface area contributed by atoms with E-state index >= 15 is 0 Å². The van der Waals surface area contributed by atoms with Crippen LogP contribution in [-0.2, 0) is 0 Å². The van der Waals surface area contributed by atoms with E-state index in [2.05, 4.69) is 33.2 Å². The van der Waals surface area contributed by atoms with Crippen molar-refractivity contribution < 1.29 is 5.21 Å². The van der Waals surface area contributed by atoms with E-state index in [1.54, 1.807) is 0 Å². The number of rotatable bonds is 6. The molecule has 1 rings (SSSR count). The van der Waals surface area contributed by atoms with Gasteiger partial charge in [0, 0.05) is 14.8 Å². The molecule has 0 fully saturated rings. The van der Waals surface area contributed by atoms with Crippen molar-refractivity contribution in [3.63, 3.8) is 0 Å². The fourth-order valence-electron chi connectivity index (χ4n) is 1.52. The van der Waals surface area contributed by atoms with Crippen LogP contribution in [0, 0.1) is 5.41 Å². The van der Waals surface area contributed by atoms with Gasteiger partial charge in [-0.25, -0.2) is 0 Å². The first-order valence-corrected chi connectivity index (χ1v) is 7.60. The van der Waals surface area contributed by atoms with Crippen molar-refractivity contribution in [3.8, 4) is 0 Å². The number of benzene rings is 1. The van der Waals surface area contributed by atoms with Gasteiger partial charge in [0.15, 0.2) is 0 Å². The summed E-state index contributed by atoms with van der Waals surface area (Å²) >= 11 is 5.28. The van der Waals surface area contributed by atoms with Crippen LogP contribution < -0.4 is 5.73 Å². The van der Waals surface area contributed by atoms with Crippen LogP contribution in [0.4, 0.5) is 0 Å². The largest absolute Gasteiger partial charge is 0.409 e. The molecule has 18 heavy (non-hydrogen) atoms. The van der Waals surface area contributed by atoms with Crippen molar-refractivity contribution in [1.82, 2.24) is 0 Å². The predicted octanol–water partition coefficient (Wildman–Crippen LogP) is 4.09. The molecule has 0 aliphatic carbocycles. The number of oxime groups is 1. The van der Waals surface area contributed by atoms with E-state index in [0.717, 1.165) is 23.1 Å². The Morgan fingerprint density at radius 1 is 1.50 bits per heavy atom. The van der Waals surface area contributed by atoms with Gasteiger partial charge in [0.05, 0.1) is 0 Å². The molecule has 0 unspecified atom stereocenters. The number of amidine groups is 1. The molecule has 0 spiro atoms. The summed E-state index contributed by atoms with van der Waals surface area (Å²) in [5.74, 6) is 1.33. The van der Waals surface area contributed by atoms with Crippen LogP contribution in [0.15, 0.2) is 38.8 Å². The average molecular weight is 331 g/mol. The number of halogens is 1. The van der Waals surface area contributed by atoms with Gasteiger partial charge in [0.1, 0.15) is 5.84 Å². The van der Waals surface area contributed by atoms with Crippen LogP contribution in [0.5, 0.6) is 0 Å². The molecule has 3 nitrogen and oxygen atoms in total. The highest BCUT2D eigenvalue weighted by Crippen LogP contribution is 2.27. The summed E-state index contributed by atoms with van der Waals surface area (Å²) in [6.07, 6.45) is 1.93. The zero-order valence-corrected chi connectivity index (χ0v) is 13.1. The molecule has 0 aliphatic heterocycles. The minimum absolute atomic E-state index is 0.243. The van der Waals surface area contributed by atoms with Crippen molar-refractivity contribution in [1.29, 1.82) is 0 Å². The van der Waals surface area contributed by atoms with Gasteiger partial charge in [-0.15, -0.1) is 11.8 Å². The Labute approximate surface area is 121 Å². The van der Waals surface area contributed by atoms with Gasteiger partial charge in [-0.1, -0.05) is 41.0 Å². The highest BCUT2D eigenvalue weighted by Gasteiger charge is 2.22. The number of nitrogens with two attached hydrogens (primary N) is 1. The highest BCUT2D eigenvalue weighted by molar-refractivity contribution is 9.10. The molecule has 0 bridgehead atoms. The van der Waals surface area contributed by atoms with Crippen LogP contribution in [0.3, 0.4) is 0 Å². The third-order valence-electron chi connectivity index (χ3n) is 2.81. The number of hydrogen-bond acceptors (Lipinski definition) is 3. The lowest BCUT2D eigenvalue weighted by Crippen LogP contribution is -2.31. The zero-order chi connectivity index (χ0) is 13.6. The second-order valence-electron chi connectivity index (χ2n) is 4.78. The Morgan fingerprint density at radius 3 is 2.83 bits per heavy atom. The Bertz CT molecular complexity index is 421. The second-order valence-corrected chi connectivity index (χ2v) is 6.86. The smallest absolute Gasteiger partial charge is 0.144 e. The van der Waals surface area contributed by atoms with Gasteiger partial charge >= 0.3 is 0 Å². The van der Waals surface area contributed by atoms with Gasteiger partial charge in [0.25, 0.3) is 0 Å². The maximum Gasteiger partial charge on any atom is 0.144 e. The molecular formula is C13H19BrN2OS. The second kappa shape index (κ2) is 7.04. The van der Waals surface area contributed by atoms with Gasteiger partial charge in [-0.2, -0.15) is 0 Å². The monoisotopic (exact) mass is 330 g/mol. The van der Waals surface area contributed by atoms with Crippen LogP contribution in [0.2, 0.25) is 0 Å². The summed E-state index contributed by atoms with van der Waals surface area (Å²) in [5, 5.41) is 11.8. The lowest BCUT2D eigenvalue weighted by molar-refractivity contribution is 0.305. The third kappa shape index (κ3) is 4.90. The molecule has 0 saturated heterocycles. The Balaban J connectivity index is 2.35. The third-order valence-corrected chi connectivity index (χ3v) is 4.39. The van der Waals surface area contributed by atoms with E-state index in [4.69, 9.17) is 10.9 Å². The molecule has 0 amide bonds. The first kappa shape index (κ1) is 15.4. The van der Waals surface area contributed by atoms with E-state index in [-0.39, 0.29) is 5.41 Å². The summed E-state index contributed by atoms with van der Waals surface area (Å²) in [6.45, 7) is 3.98. The zero-order valence-electron chi connectivity index (χ0n) is 10.7. The predicted molar refractivity (Wildman–Crippen MR) is 81.3 cm³/mol. The lowest BCUT2D eigenvalue weighted by Gasteiger charge is -2.22. The van der Waals surface area contributed by atoms with Gasteiger partial charge < -0.3 is 10.9 Å². The molecule has 0 saturated carbocycles. The minimum Gasteiger partial charge on any atom is -0.409 e. The van der Waals surface area contributed by atoms with E-state index in [0.29, 0.717) is 5.84 Å². The first-order valence-electron chi connectivity index (χ1n) is 5.82. The maximum absolute atomic E-state index is 8.69. The highest BCUT2D eigenvalue weighted by atomic mass is 79.9. The molecule has 100 valence electrons. The van der Waals surface area contributed by atoms with Crippen molar-refractivity contribution >= 4 is 33.5 Å². The Morgan fingerprint density at radius 2 is 2.22 bits per heavy atom. The van der Waals surface area contributed by atoms with E-state index in [1.165, 1.54) is 4.90 Å². The molecule has 0 heterocycles. The summed E-state index contributed by atoms with van der Waals surface area (Å²) in [5.41, 5.74) is 5.41. The average Bonchev–Trinajstić information content (AvgIpc) is 2.33. The van der Waals surface area contributed by atoms with Crippen molar-refractivity contribution in [2.75, 3.05) is 5.75 Å². The summed E-state index contributed by atoms with van der Waals surface area (Å²) in [4.78, 5) is 1.26. The molecule has 0 radical (unpaired) electrons. The first-order chi connectivity index (χ1) is 8.45. The molecular weight excluding hydrogens is 312 g/mol. The van der Waals surface area contributed by atoms with E-state index < -0.39 is 0 Å². The van der Waals surface area contributed by atoms with Crippen molar-refractivity contribution in [2.24, 2.45) is 16.3 Å². The van der Waals surface area contributed by atoms with Gasteiger partial charge in [0.2, 0.25) is 0 Å². The Kier molecular flexibility index (Phi) is 6.02. The topological polar surface area (TPSA) is 58.6 Å². The van der Waals surface area contributed by atoms with Crippen LogP contribution in [-0.4, -0.2) is 16.8 Å². The van der Waals surface area contributed by atoms with E-state index in [1.807, 2.05) is 37.7 Å². The molecule has 3 N–H and O–H groups in total. The normalized spacial score (nSPS) is 12.7. The number of hydrogen-bond donors (Lipinski definition) is 2. The van der Waals surface area contributed by atoms with E-state index in [9.17, 15) is 0 Å². The van der Waals surface area contributed by atoms with Crippen molar-refractivity contribution in [3.05, 3.63) is 28.7 Å². The SMILES string of the molecule is CC(C)(CCCSc1cccc(Br)c1)C(N)=NO. The number of thioether (sulfide) groups is 1. The van der Waals surface area contributed by atoms with Crippen LogP contribution in [0.25, 0.3) is 0 Å². The fourth-order valence-corrected chi connectivity index (χ4v) is 2.98. The maximum atomic E-state index is 8.69. The van der Waals surface area contributed by atoms with Crippen LogP contribution in [0.1, 0.15) is 26.7 Å². The summed E-state index contributed by atoms with van der Waals surface area (Å²) in [7, 11) is 0. The minimum atomic E-state index is -0.243. The molecule has 0 aromatic heterocycles. The lowest BCUT2D eigenvalue weighted by atomic mass is 9.87.